The molecule has 1 rings (SSSR count). The van der Waals surface area contributed by atoms with Crippen molar-refractivity contribution in [2.24, 2.45) is 0 Å². The van der Waals surface area contributed by atoms with Crippen molar-refractivity contribution in [3.05, 3.63) is 41.9 Å². The number of ether oxygens (including phenoxy) is 1. The molecule has 2 atom stereocenters. The summed E-state index contributed by atoms with van der Waals surface area (Å²) in [5, 5.41) is 2.86. The summed E-state index contributed by atoms with van der Waals surface area (Å²) in [7, 11) is -3.91. The van der Waals surface area contributed by atoms with E-state index in [1.165, 1.54) is 44.2 Å². The highest BCUT2D eigenvalue weighted by Crippen LogP contribution is 2.14. The van der Waals surface area contributed by atoms with Crippen molar-refractivity contribution < 1.29 is 22.7 Å². The van der Waals surface area contributed by atoms with Crippen molar-refractivity contribution >= 4 is 33.5 Å². The molecule has 7 nitrogen and oxygen atoms in total. The maximum Gasteiger partial charge on any atom is 0.324 e. The van der Waals surface area contributed by atoms with E-state index in [1.54, 1.807) is 0 Å². The van der Waals surface area contributed by atoms with Crippen molar-refractivity contribution in [3.63, 3.8) is 0 Å². The number of benzene rings is 1. The molecule has 0 heterocycles. The topological polar surface area (TPSA) is 102 Å². The molecular formula is C15H19ClN2O5S. The van der Waals surface area contributed by atoms with Crippen molar-refractivity contribution in [1.29, 1.82) is 0 Å². The monoisotopic (exact) mass is 374 g/mol. The van der Waals surface area contributed by atoms with Gasteiger partial charge in [-0.15, -0.1) is 6.58 Å². The number of carbonyl (C=O) groups excluding carboxylic acids is 2. The van der Waals surface area contributed by atoms with Crippen LogP contribution in [-0.2, 0) is 24.3 Å². The Morgan fingerprint density at radius 3 is 2.42 bits per heavy atom. The minimum absolute atomic E-state index is 0.0386. The number of hydrogen-bond donors (Lipinski definition) is 2. The summed E-state index contributed by atoms with van der Waals surface area (Å²) >= 11 is 5.71. The van der Waals surface area contributed by atoms with Crippen LogP contribution in [0.15, 0.2) is 41.8 Å². The standard InChI is InChI=1S/C15H19ClN2O5S/c1-4-9-17-14(19)11(3)23-15(20)10(2)18-24(21,22)13-7-5-12(16)6-8-13/h4-8,10-11,18H,1,9H2,2-3H3,(H,17,19)/t10-,11+/m0/s1. The van der Waals surface area contributed by atoms with Crippen LogP contribution in [0.2, 0.25) is 5.02 Å². The minimum Gasteiger partial charge on any atom is -0.451 e. The van der Waals surface area contributed by atoms with Crippen LogP contribution in [0.25, 0.3) is 0 Å². The van der Waals surface area contributed by atoms with Gasteiger partial charge in [-0.3, -0.25) is 9.59 Å². The van der Waals surface area contributed by atoms with E-state index in [-0.39, 0.29) is 11.4 Å². The zero-order valence-electron chi connectivity index (χ0n) is 13.3. The predicted octanol–water partition coefficient (Wildman–Crippen LogP) is 1.24. The van der Waals surface area contributed by atoms with Crippen molar-refractivity contribution in [1.82, 2.24) is 10.0 Å². The molecule has 0 fully saturated rings. The number of hydrogen-bond acceptors (Lipinski definition) is 5. The molecule has 0 aliphatic heterocycles. The van der Waals surface area contributed by atoms with Gasteiger partial charge in [0.25, 0.3) is 5.91 Å². The molecule has 24 heavy (non-hydrogen) atoms. The fourth-order valence-corrected chi connectivity index (χ4v) is 2.93. The summed E-state index contributed by atoms with van der Waals surface area (Å²) in [6.07, 6.45) is 0.426. The van der Waals surface area contributed by atoms with Gasteiger partial charge >= 0.3 is 5.97 Å². The number of rotatable bonds is 8. The smallest absolute Gasteiger partial charge is 0.324 e. The van der Waals surface area contributed by atoms with Crippen LogP contribution >= 0.6 is 11.6 Å². The van der Waals surface area contributed by atoms with Gasteiger partial charge in [-0.25, -0.2) is 8.42 Å². The first-order valence-electron chi connectivity index (χ1n) is 7.04. The summed E-state index contributed by atoms with van der Waals surface area (Å²) in [6, 6.07) is 4.30. The van der Waals surface area contributed by atoms with Gasteiger partial charge in [-0.2, -0.15) is 4.72 Å². The van der Waals surface area contributed by atoms with E-state index in [4.69, 9.17) is 16.3 Å². The summed E-state index contributed by atoms with van der Waals surface area (Å²) in [4.78, 5) is 23.5. The van der Waals surface area contributed by atoms with Gasteiger partial charge in [0, 0.05) is 11.6 Å². The fourth-order valence-electron chi connectivity index (χ4n) is 1.61. The second kappa shape index (κ2) is 8.81. The number of amides is 1. The molecule has 0 aromatic heterocycles. The highest BCUT2D eigenvalue weighted by molar-refractivity contribution is 7.89. The van der Waals surface area contributed by atoms with Crippen LogP contribution in [0.1, 0.15) is 13.8 Å². The van der Waals surface area contributed by atoms with Crippen LogP contribution in [0.4, 0.5) is 0 Å². The average Bonchev–Trinajstić information content (AvgIpc) is 2.52. The molecule has 0 radical (unpaired) electrons. The van der Waals surface area contributed by atoms with E-state index in [2.05, 4.69) is 16.6 Å². The third kappa shape index (κ3) is 5.95. The third-order valence-corrected chi connectivity index (χ3v) is 4.70. The highest BCUT2D eigenvalue weighted by Gasteiger charge is 2.26. The van der Waals surface area contributed by atoms with Crippen LogP contribution in [0.3, 0.4) is 0 Å². The largest absolute Gasteiger partial charge is 0.451 e. The molecule has 0 unspecified atom stereocenters. The Balaban J connectivity index is 2.67. The molecule has 1 aromatic carbocycles. The molecule has 1 amide bonds. The number of nitrogens with one attached hydrogen (secondary N) is 2. The molecular weight excluding hydrogens is 356 g/mol. The lowest BCUT2D eigenvalue weighted by Gasteiger charge is -2.17. The van der Waals surface area contributed by atoms with Crippen LogP contribution in [0, 0.1) is 0 Å². The van der Waals surface area contributed by atoms with E-state index >= 15 is 0 Å². The van der Waals surface area contributed by atoms with Gasteiger partial charge in [0.05, 0.1) is 4.90 Å². The van der Waals surface area contributed by atoms with Gasteiger partial charge in [-0.05, 0) is 38.1 Å². The lowest BCUT2D eigenvalue weighted by atomic mass is 10.3. The number of halogens is 1. The Morgan fingerprint density at radius 2 is 1.88 bits per heavy atom. The number of sulfonamides is 1. The Morgan fingerprint density at radius 1 is 1.29 bits per heavy atom. The molecule has 0 saturated carbocycles. The Labute approximate surface area is 146 Å². The minimum atomic E-state index is -3.91. The molecule has 1 aromatic rings. The highest BCUT2D eigenvalue weighted by atomic mass is 35.5. The SMILES string of the molecule is C=CCNC(=O)[C@@H](C)OC(=O)[C@H](C)NS(=O)(=O)c1ccc(Cl)cc1. The first kappa shape index (κ1) is 20.1. The summed E-state index contributed by atoms with van der Waals surface area (Å²) in [6.45, 7) is 6.39. The molecule has 132 valence electrons. The second-order valence-corrected chi connectivity index (χ2v) is 7.06. The first-order chi connectivity index (χ1) is 11.2. The van der Waals surface area contributed by atoms with Crippen molar-refractivity contribution in [2.75, 3.05) is 6.54 Å². The van der Waals surface area contributed by atoms with E-state index in [9.17, 15) is 18.0 Å². The Hall–Kier alpha value is -1.90. The van der Waals surface area contributed by atoms with Crippen LogP contribution in [0.5, 0.6) is 0 Å². The molecule has 0 spiro atoms. The van der Waals surface area contributed by atoms with Gasteiger partial charge in [0.2, 0.25) is 10.0 Å². The maximum absolute atomic E-state index is 12.2. The van der Waals surface area contributed by atoms with Gasteiger partial charge in [0.15, 0.2) is 6.10 Å². The Kier molecular flexibility index (Phi) is 7.40. The van der Waals surface area contributed by atoms with Gasteiger partial charge in [-0.1, -0.05) is 17.7 Å². The summed E-state index contributed by atoms with van der Waals surface area (Å²) < 4.78 is 31.5. The quantitative estimate of drug-likeness (QED) is 0.526. The van der Waals surface area contributed by atoms with Crippen molar-refractivity contribution in [2.45, 2.75) is 30.9 Å². The third-order valence-electron chi connectivity index (χ3n) is 2.89. The zero-order chi connectivity index (χ0) is 18.3. The lowest BCUT2D eigenvalue weighted by molar-refractivity contribution is -0.155. The normalized spacial score (nSPS) is 13.6. The van der Waals surface area contributed by atoms with Gasteiger partial charge in [0.1, 0.15) is 6.04 Å². The fraction of sp³-hybridized carbons (Fsp3) is 0.333. The lowest BCUT2D eigenvalue weighted by Crippen LogP contribution is -2.43. The second-order valence-electron chi connectivity index (χ2n) is 4.91. The number of carbonyl (C=O) groups is 2. The van der Waals surface area contributed by atoms with Crippen molar-refractivity contribution in [3.8, 4) is 0 Å². The van der Waals surface area contributed by atoms with Gasteiger partial charge < -0.3 is 10.1 Å². The predicted molar refractivity (Wildman–Crippen MR) is 90.0 cm³/mol. The molecule has 2 N–H and O–H groups in total. The summed E-state index contributed by atoms with van der Waals surface area (Å²) in [5.41, 5.74) is 0. The maximum atomic E-state index is 12.2. The van der Waals surface area contributed by atoms with Crippen LogP contribution < -0.4 is 10.0 Å². The molecule has 0 bridgehead atoms. The molecule has 0 aliphatic carbocycles. The zero-order valence-corrected chi connectivity index (χ0v) is 14.9. The van der Waals surface area contributed by atoms with Crippen LogP contribution in [-0.4, -0.2) is 39.0 Å². The summed E-state index contributed by atoms with van der Waals surface area (Å²) in [5.74, 6) is -1.37. The number of esters is 1. The van der Waals surface area contributed by atoms with E-state index in [0.717, 1.165) is 0 Å². The molecule has 9 heteroatoms. The first-order valence-corrected chi connectivity index (χ1v) is 8.90. The Bertz CT molecular complexity index is 703. The average molecular weight is 375 g/mol. The molecule has 0 saturated heterocycles. The molecule has 0 aliphatic rings. The van der Waals surface area contributed by atoms with E-state index in [0.29, 0.717) is 5.02 Å². The van der Waals surface area contributed by atoms with E-state index in [1.807, 2.05) is 0 Å². The van der Waals surface area contributed by atoms with E-state index < -0.39 is 34.0 Å².